The Morgan fingerprint density at radius 1 is 1.20 bits per heavy atom. The molecule has 1 aliphatic heterocycles. The van der Waals surface area contributed by atoms with E-state index >= 15 is 0 Å². The standard InChI is InChI=1S/C29H39BN5O5/c1-17(2)24(34-27(37)39-7)26(36)35-14-8-9-23(35)25-32-21-12-10-18(15-22(21)33-25)20-13-11-19(16-31-20)30-40-29(5,6)28(3,4)38/h10-13,15-17,23-24,38H,8-9,14H2,1-7H3,(H,32,33)(H,34,37). The molecular weight excluding hydrogens is 509 g/mol. The minimum Gasteiger partial charge on any atom is -0.453 e. The Labute approximate surface area is 236 Å². The second-order valence-corrected chi connectivity index (χ2v) is 11.7. The number of hydrogen-bond donors (Lipinski definition) is 3. The van der Waals surface area contributed by atoms with E-state index < -0.39 is 23.3 Å². The Kier molecular flexibility index (Phi) is 8.56. The van der Waals surface area contributed by atoms with Gasteiger partial charge in [0.15, 0.2) is 0 Å². The normalized spacial score (nSPS) is 16.8. The van der Waals surface area contributed by atoms with Gasteiger partial charge in [0.2, 0.25) is 5.91 Å². The molecule has 10 nitrogen and oxygen atoms in total. The summed E-state index contributed by atoms with van der Waals surface area (Å²) in [5.74, 6) is 0.491. The number of ether oxygens (including phenoxy) is 1. The minimum absolute atomic E-state index is 0.0952. The fraction of sp³-hybridized carbons (Fsp3) is 0.517. The lowest BCUT2D eigenvalue weighted by molar-refractivity contribution is -0.135. The number of aliphatic hydroxyl groups is 1. The predicted molar refractivity (Wildman–Crippen MR) is 154 cm³/mol. The number of carbonyl (C=O) groups is 2. The third-order valence-corrected chi connectivity index (χ3v) is 7.79. The number of pyridine rings is 1. The van der Waals surface area contributed by atoms with E-state index in [1.807, 2.05) is 58.0 Å². The second kappa shape index (κ2) is 11.6. The Hall–Kier alpha value is -3.44. The molecule has 1 aliphatic rings. The van der Waals surface area contributed by atoms with E-state index in [-0.39, 0.29) is 17.9 Å². The summed E-state index contributed by atoms with van der Waals surface area (Å²) in [6.45, 7) is 11.5. The zero-order valence-corrected chi connectivity index (χ0v) is 24.3. The Bertz CT molecular complexity index is 1350. The van der Waals surface area contributed by atoms with Gasteiger partial charge in [-0.25, -0.2) is 9.78 Å². The van der Waals surface area contributed by atoms with Crippen LogP contribution in [-0.4, -0.2) is 75.3 Å². The van der Waals surface area contributed by atoms with Crippen LogP contribution < -0.4 is 10.8 Å². The van der Waals surface area contributed by atoms with Crippen LogP contribution in [0.25, 0.3) is 22.3 Å². The van der Waals surface area contributed by atoms with Gasteiger partial charge in [0.1, 0.15) is 11.9 Å². The molecule has 0 spiro atoms. The molecule has 213 valence electrons. The first kappa shape index (κ1) is 29.5. The molecule has 0 aliphatic carbocycles. The van der Waals surface area contributed by atoms with Crippen molar-refractivity contribution >= 4 is 36.0 Å². The number of imidazole rings is 1. The van der Waals surface area contributed by atoms with E-state index in [2.05, 4.69) is 15.3 Å². The Balaban J connectivity index is 1.50. The van der Waals surface area contributed by atoms with Crippen LogP contribution in [-0.2, 0) is 14.2 Å². The SMILES string of the molecule is COC(=O)NC(C(=O)N1CCCC1c1nc2ccc(-c3ccc([B]OC(C)(C)C(C)(C)O)cn3)cc2[nH]1)C(C)C. The lowest BCUT2D eigenvalue weighted by Gasteiger charge is -2.37. The maximum atomic E-state index is 13.4. The molecule has 3 aromatic rings. The summed E-state index contributed by atoms with van der Waals surface area (Å²) < 4.78 is 10.6. The summed E-state index contributed by atoms with van der Waals surface area (Å²) in [4.78, 5) is 39.9. The molecule has 40 heavy (non-hydrogen) atoms. The van der Waals surface area contributed by atoms with Crippen LogP contribution in [0.2, 0.25) is 0 Å². The van der Waals surface area contributed by atoms with E-state index in [4.69, 9.17) is 14.4 Å². The zero-order chi connectivity index (χ0) is 29.2. The molecule has 1 aromatic carbocycles. The highest BCUT2D eigenvalue weighted by Crippen LogP contribution is 2.33. The van der Waals surface area contributed by atoms with E-state index in [9.17, 15) is 14.7 Å². The van der Waals surface area contributed by atoms with Crippen LogP contribution in [0.1, 0.15) is 66.3 Å². The summed E-state index contributed by atoms with van der Waals surface area (Å²) in [5, 5.41) is 13.0. The number of fused-ring (bicyclic) bond motifs is 1. The van der Waals surface area contributed by atoms with Gasteiger partial charge in [-0.15, -0.1) is 0 Å². The summed E-state index contributed by atoms with van der Waals surface area (Å²) in [6, 6.07) is 8.87. The van der Waals surface area contributed by atoms with Crippen LogP contribution in [0.4, 0.5) is 4.79 Å². The Morgan fingerprint density at radius 3 is 2.58 bits per heavy atom. The lowest BCUT2D eigenvalue weighted by Crippen LogP contribution is -2.51. The summed E-state index contributed by atoms with van der Waals surface area (Å²) in [6.07, 6.45) is 2.75. The number of nitrogens with zero attached hydrogens (tertiary/aromatic N) is 3. The zero-order valence-electron chi connectivity index (χ0n) is 24.3. The van der Waals surface area contributed by atoms with Crippen molar-refractivity contribution in [1.29, 1.82) is 0 Å². The van der Waals surface area contributed by atoms with Crippen molar-refractivity contribution in [2.75, 3.05) is 13.7 Å². The van der Waals surface area contributed by atoms with Gasteiger partial charge in [0.05, 0.1) is 41.1 Å². The molecule has 2 amide bonds. The van der Waals surface area contributed by atoms with Crippen molar-refractivity contribution in [2.45, 2.75) is 77.7 Å². The highest BCUT2D eigenvalue weighted by molar-refractivity contribution is 6.46. The van der Waals surface area contributed by atoms with Crippen LogP contribution in [0.3, 0.4) is 0 Å². The number of aromatic nitrogens is 3. The molecule has 2 atom stereocenters. The topological polar surface area (TPSA) is 130 Å². The average molecular weight is 548 g/mol. The summed E-state index contributed by atoms with van der Waals surface area (Å²) >= 11 is 0. The first-order chi connectivity index (χ1) is 18.8. The Morgan fingerprint density at radius 2 is 1.95 bits per heavy atom. The van der Waals surface area contributed by atoms with Crippen LogP contribution in [0, 0.1) is 5.92 Å². The van der Waals surface area contributed by atoms with Crippen LogP contribution >= 0.6 is 0 Å². The number of nitrogens with one attached hydrogen (secondary N) is 2. The number of alkyl carbamates (subject to hydrolysis) is 1. The van der Waals surface area contributed by atoms with Gasteiger partial charge < -0.3 is 29.7 Å². The molecule has 3 N–H and O–H groups in total. The maximum Gasteiger partial charge on any atom is 0.407 e. The van der Waals surface area contributed by atoms with Crippen molar-refractivity contribution in [3.63, 3.8) is 0 Å². The molecule has 4 rings (SSSR count). The number of rotatable bonds is 9. The number of carbonyl (C=O) groups excluding carboxylic acids is 2. The van der Waals surface area contributed by atoms with Gasteiger partial charge in [0.25, 0.3) is 0 Å². The number of hydrogen-bond acceptors (Lipinski definition) is 7. The molecule has 3 heterocycles. The largest absolute Gasteiger partial charge is 0.453 e. The second-order valence-electron chi connectivity index (χ2n) is 11.7. The number of benzene rings is 1. The van der Waals surface area contributed by atoms with E-state index in [0.717, 1.165) is 46.4 Å². The monoisotopic (exact) mass is 548 g/mol. The third-order valence-electron chi connectivity index (χ3n) is 7.79. The molecule has 2 unspecified atom stereocenters. The quantitative estimate of drug-likeness (QED) is 0.349. The van der Waals surface area contributed by atoms with E-state index in [1.54, 1.807) is 32.4 Å². The highest BCUT2D eigenvalue weighted by Gasteiger charge is 2.38. The maximum absolute atomic E-state index is 13.4. The highest BCUT2D eigenvalue weighted by atomic mass is 16.5. The number of aromatic amines is 1. The van der Waals surface area contributed by atoms with E-state index in [1.165, 1.54) is 7.11 Å². The van der Waals surface area contributed by atoms with Crippen LogP contribution in [0.5, 0.6) is 0 Å². The smallest absolute Gasteiger partial charge is 0.407 e. The van der Waals surface area contributed by atoms with E-state index in [0.29, 0.717) is 6.54 Å². The first-order valence-electron chi connectivity index (χ1n) is 13.6. The molecule has 1 radical (unpaired) electrons. The van der Waals surface area contributed by atoms with Gasteiger partial charge in [0, 0.05) is 18.3 Å². The van der Waals surface area contributed by atoms with Gasteiger partial charge in [-0.2, -0.15) is 0 Å². The molecule has 0 bridgehead atoms. The molecule has 1 fully saturated rings. The van der Waals surface area contributed by atoms with Crippen molar-refractivity contribution in [2.24, 2.45) is 5.92 Å². The molecule has 11 heteroatoms. The molecule has 2 aromatic heterocycles. The fourth-order valence-corrected chi connectivity index (χ4v) is 4.54. The number of H-pyrrole nitrogens is 1. The molecule has 1 saturated heterocycles. The van der Waals surface area contributed by atoms with Gasteiger partial charge in [-0.3, -0.25) is 9.78 Å². The third kappa shape index (κ3) is 6.31. The number of methoxy groups -OCH3 is 1. The molecular formula is C29H39BN5O5. The molecule has 0 saturated carbocycles. The minimum atomic E-state index is -1.01. The number of likely N-dealkylation sites (tertiary alicyclic amines) is 1. The fourth-order valence-electron chi connectivity index (χ4n) is 4.54. The average Bonchev–Trinajstić information content (AvgIpc) is 3.56. The van der Waals surface area contributed by atoms with Gasteiger partial charge in [-0.05, 0) is 70.1 Å². The van der Waals surface area contributed by atoms with Crippen molar-refractivity contribution in [3.05, 3.63) is 42.4 Å². The van der Waals surface area contributed by atoms with Gasteiger partial charge >= 0.3 is 13.6 Å². The first-order valence-corrected chi connectivity index (χ1v) is 13.6. The summed E-state index contributed by atoms with van der Waals surface area (Å²) in [7, 11) is 2.90. The van der Waals surface area contributed by atoms with Gasteiger partial charge in [-0.1, -0.05) is 26.0 Å². The number of amides is 2. The lowest BCUT2D eigenvalue weighted by atomic mass is 9.83. The predicted octanol–water partition coefficient (Wildman–Crippen LogP) is 3.48. The van der Waals surface area contributed by atoms with Crippen molar-refractivity contribution < 1.29 is 24.1 Å². The van der Waals surface area contributed by atoms with Crippen molar-refractivity contribution in [3.8, 4) is 11.3 Å². The van der Waals surface area contributed by atoms with Crippen molar-refractivity contribution in [1.82, 2.24) is 25.2 Å². The summed E-state index contributed by atoms with van der Waals surface area (Å²) in [5.41, 5.74) is 2.40. The van der Waals surface area contributed by atoms with Crippen LogP contribution in [0.15, 0.2) is 36.5 Å².